The Morgan fingerprint density at radius 2 is 2.10 bits per heavy atom. The molecule has 0 unspecified atom stereocenters. The fraction of sp³-hybridized carbons (Fsp3) is 0.348. The quantitative estimate of drug-likeness (QED) is 0.474. The van der Waals surface area contributed by atoms with Gasteiger partial charge >= 0.3 is 0 Å². The van der Waals surface area contributed by atoms with Crippen molar-refractivity contribution in [3.8, 4) is 17.0 Å². The zero-order chi connectivity index (χ0) is 20.9. The smallest absolute Gasteiger partial charge is 0.253 e. The maximum atomic E-state index is 12.7. The first-order chi connectivity index (χ1) is 14.6. The maximum absolute atomic E-state index is 12.7. The van der Waals surface area contributed by atoms with Gasteiger partial charge in [-0.05, 0) is 55.4 Å². The van der Waals surface area contributed by atoms with E-state index in [0.717, 1.165) is 34.7 Å². The van der Waals surface area contributed by atoms with Gasteiger partial charge in [0.2, 0.25) is 5.88 Å². The van der Waals surface area contributed by atoms with Crippen molar-refractivity contribution in [3.05, 3.63) is 63.2 Å². The van der Waals surface area contributed by atoms with E-state index in [1.54, 1.807) is 17.5 Å². The molecular formula is C23H24ClN3O2S. The molecule has 0 spiro atoms. The highest BCUT2D eigenvalue weighted by Gasteiger charge is 2.23. The second-order valence-corrected chi connectivity index (χ2v) is 8.88. The summed E-state index contributed by atoms with van der Waals surface area (Å²) in [5.41, 5.74) is 3.07. The lowest BCUT2D eigenvalue weighted by Crippen LogP contribution is -2.23. The van der Waals surface area contributed by atoms with Gasteiger partial charge in [0.15, 0.2) is 0 Å². The number of benzene rings is 1. The lowest BCUT2D eigenvalue weighted by Gasteiger charge is -2.12. The normalized spacial score (nSPS) is 13.3. The molecule has 30 heavy (non-hydrogen) atoms. The molecule has 0 radical (unpaired) electrons. The number of rotatable bonds is 9. The van der Waals surface area contributed by atoms with E-state index in [-0.39, 0.29) is 5.91 Å². The zero-order valence-corrected chi connectivity index (χ0v) is 18.4. The summed E-state index contributed by atoms with van der Waals surface area (Å²) in [6.45, 7) is 3.18. The maximum Gasteiger partial charge on any atom is 0.253 e. The number of aromatic nitrogens is 2. The van der Waals surface area contributed by atoms with Crippen LogP contribution in [0.15, 0.2) is 41.9 Å². The third kappa shape index (κ3) is 5.37. The first-order valence-corrected chi connectivity index (χ1v) is 11.5. The van der Waals surface area contributed by atoms with Gasteiger partial charge in [-0.3, -0.25) is 4.79 Å². The molecule has 0 saturated heterocycles. The lowest BCUT2D eigenvalue weighted by molar-refractivity contribution is 0.0950. The summed E-state index contributed by atoms with van der Waals surface area (Å²) in [5.74, 6) is 0.976. The van der Waals surface area contributed by atoms with E-state index in [2.05, 4.69) is 22.2 Å². The molecule has 0 atom stereocenters. The molecule has 5 nitrogen and oxygen atoms in total. The summed E-state index contributed by atoms with van der Waals surface area (Å²) in [4.78, 5) is 21.7. The molecule has 1 aliphatic rings. The van der Waals surface area contributed by atoms with E-state index in [0.29, 0.717) is 35.5 Å². The number of thiazole rings is 1. The predicted molar refractivity (Wildman–Crippen MR) is 120 cm³/mol. The molecule has 1 saturated carbocycles. The molecular weight excluding hydrogens is 418 g/mol. The third-order valence-corrected chi connectivity index (χ3v) is 6.12. The zero-order valence-electron chi connectivity index (χ0n) is 16.9. The van der Waals surface area contributed by atoms with Crippen LogP contribution in [0.3, 0.4) is 0 Å². The van der Waals surface area contributed by atoms with Crippen LogP contribution in [0, 0.1) is 5.92 Å². The molecule has 1 fully saturated rings. The number of ether oxygens (including phenoxy) is 1. The molecule has 2 heterocycles. The van der Waals surface area contributed by atoms with Crippen LogP contribution in [0.4, 0.5) is 0 Å². The van der Waals surface area contributed by atoms with E-state index >= 15 is 0 Å². The Labute approximate surface area is 185 Å². The Kier molecular flexibility index (Phi) is 6.65. The minimum Gasteiger partial charge on any atom is -0.477 e. The molecule has 2 aromatic heterocycles. The molecule has 0 aliphatic heterocycles. The lowest BCUT2D eigenvalue weighted by atomic mass is 10.0. The van der Waals surface area contributed by atoms with Crippen molar-refractivity contribution in [3.63, 3.8) is 0 Å². The molecule has 1 aromatic carbocycles. The number of nitrogens with zero attached hydrogens (tertiary/aromatic N) is 2. The van der Waals surface area contributed by atoms with Gasteiger partial charge in [-0.25, -0.2) is 9.97 Å². The van der Waals surface area contributed by atoms with E-state index in [1.807, 2.05) is 35.7 Å². The van der Waals surface area contributed by atoms with Gasteiger partial charge in [0, 0.05) is 22.2 Å². The molecule has 156 valence electrons. The molecule has 1 N–H and O–H groups in total. The number of nitrogens with one attached hydrogen (secondary N) is 1. The van der Waals surface area contributed by atoms with Crippen LogP contribution in [-0.4, -0.2) is 22.5 Å². The average Bonchev–Trinajstić information content (AvgIpc) is 3.49. The highest BCUT2D eigenvalue weighted by molar-refractivity contribution is 7.09. The third-order valence-electron chi connectivity index (χ3n) is 4.91. The van der Waals surface area contributed by atoms with Crippen molar-refractivity contribution in [2.75, 3.05) is 6.61 Å². The first-order valence-electron chi connectivity index (χ1n) is 10.2. The molecule has 4 rings (SSSR count). The van der Waals surface area contributed by atoms with Crippen LogP contribution in [0.1, 0.15) is 47.2 Å². The van der Waals surface area contributed by atoms with E-state index < -0.39 is 0 Å². The minimum atomic E-state index is -0.184. The minimum absolute atomic E-state index is 0.184. The van der Waals surface area contributed by atoms with Crippen LogP contribution >= 0.6 is 22.9 Å². The Bertz CT molecular complexity index is 1020. The van der Waals surface area contributed by atoms with Gasteiger partial charge in [0.05, 0.1) is 29.4 Å². The van der Waals surface area contributed by atoms with Crippen LogP contribution in [0.2, 0.25) is 5.02 Å². The molecule has 1 aliphatic carbocycles. The second-order valence-electron chi connectivity index (χ2n) is 7.50. The second kappa shape index (κ2) is 9.58. The summed E-state index contributed by atoms with van der Waals surface area (Å²) in [5, 5.41) is 6.70. The predicted octanol–water partition coefficient (Wildman–Crippen LogP) is 5.53. The van der Waals surface area contributed by atoms with Crippen LogP contribution in [0.5, 0.6) is 5.88 Å². The number of hydrogen-bond acceptors (Lipinski definition) is 5. The van der Waals surface area contributed by atoms with Crippen LogP contribution in [-0.2, 0) is 13.0 Å². The van der Waals surface area contributed by atoms with Crippen molar-refractivity contribution in [2.45, 2.75) is 39.2 Å². The summed E-state index contributed by atoms with van der Waals surface area (Å²) >= 11 is 7.67. The van der Waals surface area contributed by atoms with E-state index in [9.17, 15) is 4.79 Å². The number of carbonyl (C=O) groups excluding carboxylic acids is 1. The van der Waals surface area contributed by atoms with Crippen LogP contribution in [0.25, 0.3) is 11.1 Å². The first kappa shape index (κ1) is 20.8. The summed E-state index contributed by atoms with van der Waals surface area (Å²) in [7, 11) is 0. The molecule has 7 heteroatoms. The van der Waals surface area contributed by atoms with Crippen molar-refractivity contribution in [1.29, 1.82) is 0 Å². The summed E-state index contributed by atoms with van der Waals surface area (Å²) in [6.07, 6.45) is 6.00. The molecule has 0 bridgehead atoms. The SMILES string of the molecule is CCCc1nc(CNC(=O)c2cnc(OCC3CC3)c(-c3ccc(Cl)cc3)c2)cs1. The van der Waals surface area contributed by atoms with Crippen molar-refractivity contribution in [2.24, 2.45) is 5.92 Å². The highest BCUT2D eigenvalue weighted by atomic mass is 35.5. The summed E-state index contributed by atoms with van der Waals surface area (Å²) in [6, 6.07) is 9.30. The standard InChI is InChI=1S/C23H24ClN3O2S/c1-2-3-21-27-19(14-30-21)12-25-22(28)17-10-20(16-6-8-18(24)9-7-16)23(26-11-17)29-13-15-4-5-15/h6-11,14-15H,2-5,12-13H2,1H3,(H,25,28). The fourth-order valence-corrected chi connectivity index (χ4v) is 4.07. The number of carbonyl (C=O) groups is 1. The average molecular weight is 442 g/mol. The van der Waals surface area contributed by atoms with Crippen molar-refractivity contribution < 1.29 is 9.53 Å². The number of pyridine rings is 1. The van der Waals surface area contributed by atoms with Crippen molar-refractivity contribution >= 4 is 28.8 Å². The number of amides is 1. The Morgan fingerprint density at radius 3 is 2.83 bits per heavy atom. The largest absolute Gasteiger partial charge is 0.477 e. The van der Waals surface area contributed by atoms with Crippen LogP contribution < -0.4 is 10.1 Å². The van der Waals surface area contributed by atoms with Gasteiger partial charge in [-0.15, -0.1) is 11.3 Å². The summed E-state index contributed by atoms with van der Waals surface area (Å²) < 4.78 is 5.95. The fourth-order valence-electron chi connectivity index (χ4n) is 3.04. The van der Waals surface area contributed by atoms with E-state index in [1.165, 1.54) is 12.8 Å². The van der Waals surface area contributed by atoms with Crippen molar-refractivity contribution in [1.82, 2.24) is 15.3 Å². The number of hydrogen-bond donors (Lipinski definition) is 1. The van der Waals surface area contributed by atoms with Gasteiger partial charge in [-0.1, -0.05) is 30.7 Å². The Balaban J connectivity index is 1.50. The number of aryl methyl sites for hydroxylation is 1. The Morgan fingerprint density at radius 1 is 1.30 bits per heavy atom. The van der Waals surface area contributed by atoms with Gasteiger partial charge < -0.3 is 10.1 Å². The molecule has 1 amide bonds. The highest BCUT2D eigenvalue weighted by Crippen LogP contribution is 2.33. The monoisotopic (exact) mass is 441 g/mol. The number of halogens is 1. The van der Waals surface area contributed by atoms with Gasteiger partial charge in [-0.2, -0.15) is 0 Å². The topological polar surface area (TPSA) is 64.1 Å². The Hall–Kier alpha value is -2.44. The van der Waals surface area contributed by atoms with E-state index in [4.69, 9.17) is 16.3 Å². The van der Waals surface area contributed by atoms with Gasteiger partial charge in [0.25, 0.3) is 5.91 Å². The van der Waals surface area contributed by atoms with Gasteiger partial charge in [0.1, 0.15) is 0 Å². The molecule has 3 aromatic rings.